The number of thioether (sulfide) groups is 1. The van der Waals surface area contributed by atoms with E-state index in [9.17, 15) is 4.79 Å². The summed E-state index contributed by atoms with van der Waals surface area (Å²) in [5.41, 5.74) is 5.12. The Bertz CT molecular complexity index is 1270. The molecule has 3 aliphatic rings. The Morgan fingerprint density at radius 1 is 1.15 bits per heavy atom. The van der Waals surface area contributed by atoms with Crippen molar-refractivity contribution in [2.75, 3.05) is 0 Å². The quantitative estimate of drug-likeness (QED) is 0.528. The lowest BCUT2D eigenvalue weighted by Gasteiger charge is -2.20. The van der Waals surface area contributed by atoms with Gasteiger partial charge in [-0.2, -0.15) is 15.1 Å². The monoisotopic (exact) mass is 479 g/mol. The smallest absolute Gasteiger partial charge is 0.283 e. The molecule has 1 fully saturated rings. The Balaban J connectivity index is 1.48. The second kappa shape index (κ2) is 8.61. The molecule has 2 aromatic rings. The van der Waals surface area contributed by atoms with Crippen molar-refractivity contribution in [3.05, 3.63) is 57.4 Å². The third kappa shape index (κ3) is 3.97. The molecule has 1 N–H and O–H groups in total. The summed E-state index contributed by atoms with van der Waals surface area (Å²) in [4.78, 5) is 17.2. The highest BCUT2D eigenvalue weighted by atomic mass is 35.5. The van der Waals surface area contributed by atoms with Crippen molar-refractivity contribution in [3.63, 3.8) is 0 Å². The van der Waals surface area contributed by atoms with Gasteiger partial charge in [0.2, 0.25) is 5.17 Å². The summed E-state index contributed by atoms with van der Waals surface area (Å²) in [6.07, 6.45) is 7.68. The highest BCUT2D eigenvalue weighted by Crippen LogP contribution is 2.36. The summed E-state index contributed by atoms with van der Waals surface area (Å²) in [5, 5.41) is 17.1. The van der Waals surface area contributed by atoms with E-state index in [2.05, 4.69) is 9.56 Å². The normalized spacial score (nSPS) is 20.4. The minimum Gasteiger partial charge on any atom is -0.318 e. The Hall–Kier alpha value is -2.64. The fourth-order valence-corrected chi connectivity index (χ4v) is 5.96. The van der Waals surface area contributed by atoms with Crippen molar-refractivity contribution in [1.29, 1.82) is 5.41 Å². The van der Waals surface area contributed by atoms with Crippen LogP contribution in [0.5, 0.6) is 0 Å². The second-order valence-electron chi connectivity index (χ2n) is 8.89. The lowest BCUT2D eigenvalue weighted by molar-refractivity contribution is -0.114. The van der Waals surface area contributed by atoms with Crippen LogP contribution in [0.2, 0.25) is 5.02 Å². The summed E-state index contributed by atoms with van der Waals surface area (Å²) in [7, 11) is 0. The van der Waals surface area contributed by atoms with Gasteiger partial charge in [-0.25, -0.2) is 0 Å². The van der Waals surface area contributed by atoms with E-state index in [4.69, 9.17) is 22.1 Å². The lowest BCUT2D eigenvalue weighted by Crippen LogP contribution is -2.35. The lowest BCUT2D eigenvalue weighted by atomic mass is 9.90. The van der Waals surface area contributed by atoms with Gasteiger partial charge in [0, 0.05) is 28.0 Å². The largest absolute Gasteiger partial charge is 0.318 e. The molecule has 3 heterocycles. The predicted molar refractivity (Wildman–Crippen MR) is 137 cm³/mol. The van der Waals surface area contributed by atoms with Crippen LogP contribution in [-0.4, -0.2) is 31.5 Å². The number of aliphatic imine (C=N–C) groups is 1. The van der Waals surface area contributed by atoms with Crippen LogP contribution in [0.4, 0.5) is 0 Å². The minimum atomic E-state index is -0.387. The first-order valence-corrected chi connectivity index (χ1v) is 12.5. The molecule has 0 saturated heterocycles. The first kappa shape index (κ1) is 22.2. The van der Waals surface area contributed by atoms with Gasteiger partial charge in [0.25, 0.3) is 5.91 Å². The molecule has 6 nitrogen and oxygen atoms in total. The van der Waals surface area contributed by atoms with E-state index >= 15 is 0 Å². The molecule has 8 heteroatoms. The summed E-state index contributed by atoms with van der Waals surface area (Å²) in [6.45, 7) is 6.00. The van der Waals surface area contributed by atoms with E-state index in [-0.39, 0.29) is 17.3 Å². The van der Waals surface area contributed by atoms with Gasteiger partial charge in [0.1, 0.15) is 5.04 Å². The van der Waals surface area contributed by atoms with Gasteiger partial charge in [-0.05, 0) is 80.8 Å². The summed E-state index contributed by atoms with van der Waals surface area (Å²) >= 11 is 7.80. The van der Waals surface area contributed by atoms with Crippen LogP contribution in [0.3, 0.4) is 0 Å². The van der Waals surface area contributed by atoms with Crippen molar-refractivity contribution in [1.82, 2.24) is 9.58 Å². The molecule has 33 heavy (non-hydrogen) atoms. The molecular formula is C25H26ClN5OS. The third-order valence-electron chi connectivity index (χ3n) is 6.61. The molecular weight excluding hydrogens is 454 g/mol. The van der Waals surface area contributed by atoms with Gasteiger partial charge < -0.3 is 4.57 Å². The van der Waals surface area contributed by atoms with Crippen molar-refractivity contribution < 1.29 is 4.79 Å². The zero-order valence-corrected chi connectivity index (χ0v) is 20.6. The molecule has 1 aromatic heterocycles. The number of carbonyl (C=O) groups excluding carboxylic acids is 1. The topological polar surface area (TPSA) is 73.8 Å². The number of carbonyl (C=O) groups is 1. The van der Waals surface area contributed by atoms with Crippen molar-refractivity contribution in [2.24, 2.45) is 16.0 Å². The Kier molecular flexibility index (Phi) is 5.79. The molecule has 0 bridgehead atoms. The number of hydrogen-bond donors (Lipinski definition) is 1. The number of nitrogens with one attached hydrogen (secondary N) is 1. The maximum atomic E-state index is 12.9. The van der Waals surface area contributed by atoms with E-state index < -0.39 is 0 Å². The zero-order valence-electron chi connectivity index (χ0n) is 19.0. The molecule has 5 rings (SSSR count). The summed E-state index contributed by atoms with van der Waals surface area (Å²) < 4.78 is 2.11. The number of nitrogens with zero attached hydrogens (tertiary/aromatic N) is 4. The van der Waals surface area contributed by atoms with Gasteiger partial charge in [-0.15, -0.1) is 0 Å². The van der Waals surface area contributed by atoms with E-state index in [1.807, 2.05) is 45.0 Å². The molecule has 0 spiro atoms. The maximum absolute atomic E-state index is 12.9. The standard InChI is InChI=1S/C25H26ClN5OS/c1-14-9-10-19(13-21(14)26)30-15(2)11-18(16(30)3)12-20-22(27)31-25(28-23(20)32)33-24(29-31)17-7-5-4-6-8-17/h9-13,17,27H,4-8H2,1-3H3. The fraction of sp³-hybridized carbons (Fsp3) is 0.360. The highest BCUT2D eigenvalue weighted by molar-refractivity contribution is 8.27. The van der Waals surface area contributed by atoms with E-state index in [0.29, 0.717) is 16.1 Å². The molecule has 1 aliphatic carbocycles. The van der Waals surface area contributed by atoms with Gasteiger partial charge in [0.05, 0.1) is 5.57 Å². The molecule has 0 radical (unpaired) electrons. The Morgan fingerprint density at radius 2 is 1.91 bits per heavy atom. The minimum absolute atomic E-state index is 0.0893. The van der Waals surface area contributed by atoms with Crippen molar-refractivity contribution in [2.45, 2.75) is 52.9 Å². The number of amidine groups is 2. The molecule has 0 atom stereocenters. The molecule has 1 aromatic carbocycles. The molecule has 0 unspecified atom stereocenters. The molecule has 2 aliphatic heterocycles. The number of amides is 1. The SMILES string of the molecule is Cc1ccc(-n2c(C)cc(C=C3C(=N)N4N=C(C5CCCCC5)SC4=NC3=O)c2C)cc1Cl. The number of rotatable bonds is 3. The third-order valence-corrected chi connectivity index (χ3v) is 8.09. The van der Waals surface area contributed by atoms with Gasteiger partial charge >= 0.3 is 0 Å². The molecule has 1 saturated carbocycles. The molecule has 170 valence electrons. The zero-order chi connectivity index (χ0) is 23.3. The predicted octanol–water partition coefficient (Wildman–Crippen LogP) is 6.26. The van der Waals surface area contributed by atoms with E-state index in [1.54, 1.807) is 6.08 Å². The Morgan fingerprint density at radius 3 is 2.64 bits per heavy atom. The number of halogens is 1. The van der Waals surface area contributed by atoms with E-state index in [0.717, 1.165) is 46.1 Å². The van der Waals surface area contributed by atoms with Crippen LogP contribution in [0.25, 0.3) is 11.8 Å². The number of fused-ring (bicyclic) bond motifs is 1. The molecule has 1 amide bonds. The van der Waals surface area contributed by atoms with Crippen molar-refractivity contribution >= 4 is 51.4 Å². The maximum Gasteiger partial charge on any atom is 0.283 e. The number of aryl methyl sites for hydroxylation is 2. The number of hydrogen-bond acceptors (Lipinski definition) is 4. The van der Waals surface area contributed by atoms with Crippen LogP contribution >= 0.6 is 23.4 Å². The Labute approximate surface area is 202 Å². The number of hydrazone groups is 1. The van der Waals surface area contributed by atoms with Crippen LogP contribution in [0.15, 0.2) is 39.9 Å². The van der Waals surface area contributed by atoms with Crippen LogP contribution in [0, 0.1) is 32.1 Å². The van der Waals surface area contributed by atoms with Gasteiger partial charge in [-0.1, -0.05) is 36.9 Å². The average Bonchev–Trinajstić information content (AvgIpc) is 3.34. The van der Waals surface area contributed by atoms with Crippen LogP contribution in [0.1, 0.15) is 54.6 Å². The highest BCUT2D eigenvalue weighted by Gasteiger charge is 2.38. The van der Waals surface area contributed by atoms with Crippen molar-refractivity contribution in [3.8, 4) is 5.69 Å². The summed E-state index contributed by atoms with van der Waals surface area (Å²) in [5.74, 6) is 0.112. The number of aromatic nitrogens is 1. The fourth-order valence-electron chi connectivity index (χ4n) is 4.73. The average molecular weight is 480 g/mol. The van der Waals surface area contributed by atoms with Crippen LogP contribution < -0.4 is 0 Å². The second-order valence-corrected chi connectivity index (χ2v) is 10.3. The van der Waals surface area contributed by atoms with Gasteiger partial charge in [0.15, 0.2) is 5.84 Å². The van der Waals surface area contributed by atoms with Gasteiger partial charge in [-0.3, -0.25) is 10.2 Å². The first-order chi connectivity index (χ1) is 15.8. The first-order valence-electron chi connectivity index (χ1n) is 11.3. The number of benzene rings is 1. The summed E-state index contributed by atoms with van der Waals surface area (Å²) in [6, 6.07) is 8.00. The van der Waals surface area contributed by atoms with Crippen LogP contribution in [-0.2, 0) is 4.79 Å². The van der Waals surface area contributed by atoms with E-state index in [1.165, 1.54) is 36.0 Å².